The van der Waals surface area contributed by atoms with Crippen molar-refractivity contribution in [3.63, 3.8) is 0 Å². The molecule has 0 saturated carbocycles. The molecular formula is C18H17FN4O. The fraction of sp³-hybridized carbons (Fsp3) is 0.222. The van der Waals surface area contributed by atoms with Crippen LogP contribution in [0, 0.1) is 5.82 Å². The molecule has 2 aromatic heterocycles. The van der Waals surface area contributed by atoms with Gasteiger partial charge in [-0.1, -0.05) is 18.2 Å². The van der Waals surface area contributed by atoms with E-state index in [0.717, 1.165) is 30.8 Å². The normalized spacial score (nSPS) is 14.7. The number of hydrogen-bond acceptors (Lipinski definition) is 3. The van der Waals surface area contributed by atoms with Crippen LogP contribution in [-0.4, -0.2) is 32.4 Å². The van der Waals surface area contributed by atoms with Gasteiger partial charge < -0.3 is 4.98 Å². The molecule has 6 heteroatoms. The van der Waals surface area contributed by atoms with Crippen LogP contribution in [0.1, 0.15) is 11.3 Å². The van der Waals surface area contributed by atoms with Crippen molar-refractivity contribution in [3.8, 4) is 11.3 Å². The maximum absolute atomic E-state index is 14.1. The Labute approximate surface area is 138 Å². The first-order chi connectivity index (χ1) is 11.7. The van der Waals surface area contributed by atoms with E-state index in [0.29, 0.717) is 23.4 Å². The third-order valence-corrected chi connectivity index (χ3v) is 4.41. The number of hydrogen-bond donors (Lipinski definition) is 1. The molecule has 5 nitrogen and oxygen atoms in total. The molecular weight excluding hydrogens is 307 g/mol. The average molecular weight is 324 g/mol. The summed E-state index contributed by atoms with van der Waals surface area (Å²) in [5.74, 6) is -0.348. The quantitative estimate of drug-likeness (QED) is 0.753. The van der Waals surface area contributed by atoms with E-state index in [2.05, 4.69) is 21.4 Å². The first-order valence-corrected chi connectivity index (χ1v) is 7.88. The zero-order valence-corrected chi connectivity index (χ0v) is 13.1. The summed E-state index contributed by atoms with van der Waals surface area (Å²) >= 11 is 0. The lowest BCUT2D eigenvalue weighted by molar-refractivity contribution is 0.279. The number of benzene rings is 1. The molecule has 0 amide bonds. The summed E-state index contributed by atoms with van der Waals surface area (Å²) in [6, 6.07) is 6.46. The molecule has 0 aliphatic carbocycles. The van der Waals surface area contributed by atoms with Gasteiger partial charge in [0.05, 0.1) is 5.69 Å². The van der Waals surface area contributed by atoms with E-state index in [4.69, 9.17) is 0 Å². The molecule has 0 fully saturated rings. The number of rotatable bonds is 3. The van der Waals surface area contributed by atoms with E-state index in [9.17, 15) is 9.18 Å². The van der Waals surface area contributed by atoms with Crippen molar-refractivity contribution in [2.24, 2.45) is 0 Å². The Balaban J connectivity index is 1.89. The maximum Gasteiger partial charge on any atom is 0.331 e. The van der Waals surface area contributed by atoms with E-state index in [1.54, 1.807) is 24.4 Å². The van der Waals surface area contributed by atoms with Crippen LogP contribution in [0.2, 0.25) is 0 Å². The summed E-state index contributed by atoms with van der Waals surface area (Å²) in [4.78, 5) is 22.1. The molecule has 1 aliphatic rings. The average Bonchev–Trinajstić information content (AvgIpc) is 3.02. The van der Waals surface area contributed by atoms with Crippen LogP contribution < -0.4 is 5.69 Å². The predicted molar refractivity (Wildman–Crippen MR) is 90.4 cm³/mol. The van der Waals surface area contributed by atoms with Gasteiger partial charge in [-0.25, -0.2) is 14.2 Å². The van der Waals surface area contributed by atoms with E-state index < -0.39 is 0 Å². The van der Waals surface area contributed by atoms with E-state index in [1.165, 1.54) is 10.5 Å². The van der Waals surface area contributed by atoms with Gasteiger partial charge in [0, 0.05) is 49.1 Å². The summed E-state index contributed by atoms with van der Waals surface area (Å²) in [7, 11) is 0. The Morgan fingerprint density at radius 3 is 3.00 bits per heavy atom. The van der Waals surface area contributed by atoms with Gasteiger partial charge in [0.2, 0.25) is 0 Å². The lowest BCUT2D eigenvalue weighted by Gasteiger charge is -2.27. The van der Waals surface area contributed by atoms with Gasteiger partial charge in [-0.2, -0.15) is 0 Å². The second-order valence-corrected chi connectivity index (χ2v) is 5.96. The lowest BCUT2D eigenvalue weighted by Crippen LogP contribution is -2.34. The van der Waals surface area contributed by atoms with Gasteiger partial charge >= 0.3 is 5.69 Å². The molecule has 0 radical (unpaired) electrons. The highest BCUT2D eigenvalue weighted by Gasteiger charge is 2.22. The van der Waals surface area contributed by atoms with E-state index in [-0.39, 0.29) is 11.5 Å². The molecule has 0 atom stereocenters. The molecule has 1 N–H and O–H groups in total. The molecule has 1 aliphatic heterocycles. The van der Waals surface area contributed by atoms with Gasteiger partial charge in [-0.15, -0.1) is 6.58 Å². The van der Waals surface area contributed by atoms with Crippen LogP contribution in [0.5, 0.6) is 0 Å². The highest BCUT2D eigenvalue weighted by atomic mass is 19.1. The fourth-order valence-electron chi connectivity index (χ4n) is 3.24. The lowest BCUT2D eigenvalue weighted by atomic mass is 10.1. The van der Waals surface area contributed by atoms with Gasteiger partial charge in [0.15, 0.2) is 0 Å². The van der Waals surface area contributed by atoms with Crippen LogP contribution in [0.3, 0.4) is 0 Å². The number of nitrogens with one attached hydrogen (secondary N) is 1. The summed E-state index contributed by atoms with van der Waals surface area (Å²) < 4.78 is 15.5. The van der Waals surface area contributed by atoms with Gasteiger partial charge in [0.25, 0.3) is 0 Å². The predicted octanol–water partition coefficient (Wildman–Crippen LogP) is 2.37. The second-order valence-electron chi connectivity index (χ2n) is 5.96. The van der Waals surface area contributed by atoms with Crippen molar-refractivity contribution < 1.29 is 4.39 Å². The third-order valence-electron chi connectivity index (χ3n) is 4.41. The van der Waals surface area contributed by atoms with Crippen molar-refractivity contribution in [2.75, 3.05) is 13.1 Å². The van der Waals surface area contributed by atoms with Crippen molar-refractivity contribution in [2.45, 2.75) is 13.0 Å². The maximum atomic E-state index is 14.1. The fourth-order valence-corrected chi connectivity index (χ4v) is 3.24. The molecule has 0 saturated heterocycles. The number of H-pyrrole nitrogens is 1. The van der Waals surface area contributed by atoms with Gasteiger partial charge in [0.1, 0.15) is 11.5 Å². The first-order valence-electron chi connectivity index (χ1n) is 7.88. The Morgan fingerprint density at radius 1 is 1.38 bits per heavy atom. The second kappa shape index (κ2) is 5.72. The van der Waals surface area contributed by atoms with Crippen LogP contribution in [-0.2, 0) is 13.0 Å². The Morgan fingerprint density at radius 2 is 2.21 bits per heavy atom. The third kappa shape index (κ3) is 2.35. The van der Waals surface area contributed by atoms with Crippen LogP contribution in [0.15, 0.2) is 47.9 Å². The largest absolute Gasteiger partial charge is 0.331 e. The summed E-state index contributed by atoms with van der Waals surface area (Å²) in [5.41, 5.74) is 3.13. The Bertz CT molecular complexity index is 988. The SMILES string of the molecule is C=CCN1CCc2[nH]c(=O)n3cc(-c4ccccc4F)nc3c2C1. The molecule has 122 valence electrons. The van der Waals surface area contributed by atoms with Crippen molar-refractivity contribution in [1.82, 2.24) is 19.3 Å². The Hall–Kier alpha value is -2.73. The highest BCUT2D eigenvalue weighted by molar-refractivity contribution is 5.65. The number of imidazole rings is 1. The van der Waals surface area contributed by atoms with Crippen LogP contribution in [0.25, 0.3) is 16.9 Å². The molecule has 0 spiro atoms. The van der Waals surface area contributed by atoms with Crippen LogP contribution >= 0.6 is 0 Å². The highest BCUT2D eigenvalue weighted by Crippen LogP contribution is 2.25. The minimum Gasteiger partial charge on any atom is -0.310 e. The molecule has 24 heavy (non-hydrogen) atoms. The summed E-state index contributed by atoms with van der Waals surface area (Å²) in [6.07, 6.45) is 4.22. The molecule has 0 unspecified atom stereocenters. The first kappa shape index (κ1) is 14.8. The summed E-state index contributed by atoms with van der Waals surface area (Å²) in [5, 5.41) is 0. The smallest absolute Gasteiger partial charge is 0.310 e. The van der Waals surface area contributed by atoms with Crippen LogP contribution in [0.4, 0.5) is 4.39 Å². The van der Waals surface area contributed by atoms with Crippen molar-refractivity contribution in [3.05, 3.63) is 70.7 Å². The number of halogens is 1. The zero-order chi connectivity index (χ0) is 16.7. The van der Waals surface area contributed by atoms with Gasteiger partial charge in [-0.05, 0) is 12.1 Å². The monoisotopic (exact) mass is 324 g/mol. The van der Waals surface area contributed by atoms with Crippen molar-refractivity contribution >= 4 is 5.65 Å². The van der Waals surface area contributed by atoms with Crippen molar-refractivity contribution in [1.29, 1.82) is 0 Å². The van der Waals surface area contributed by atoms with E-state index >= 15 is 0 Å². The number of aromatic amines is 1. The minimum atomic E-state index is -0.348. The zero-order valence-electron chi connectivity index (χ0n) is 13.1. The molecule has 4 rings (SSSR count). The summed E-state index contributed by atoms with van der Waals surface area (Å²) in [6.45, 7) is 6.12. The number of aromatic nitrogens is 3. The minimum absolute atomic E-state index is 0.240. The standard InChI is InChI=1S/C18H17FN4O/c1-2-8-22-9-7-15-13(10-22)17-20-16(11-23(17)18(24)21-15)12-5-3-4-6-14(12)19/h2-6,11H,1,7-10H2,(H,21,24). The van der Waals surface area contributed by atoms with Gasteiger partial charge in [-0.3, -0.25) is 9.30 Å². The molecule has 0 bridgehead atoms. The number of fused-ring (bicyclic) bond motifs is 3. The molecule has 3 aromatic rings. The topological polar surface area (TPSA) is 53.4 Å². The molecule has 1 aromatic carbocycles. The molecule has 3 heterocycles. The van der Waals surface area contributed by atoms with E-state index in [1.807, 2.05) is 6.08 Å². The Kier molecular flexibility index (Phi) is 3.54. The number of nitrogens with zero attached hydrogens (tertiary/aromatic N) is 3.